The number of benzene rings is 1. The molecule has 0 radical (unpaired) electrons. The molecule has 0 bridgehead atoms. The van der Waals surface area contributed by atoms with E-state index >= 15 is 0 Å². The van der Waals surface area contributed by atoms with Crippen molar-refractivity contribution in [3.8, 4) is 5.75 Å². The van der Waals surface area contributed by atoms with Crippen LogP contribution in [-0.2, 0) is 11.2 Å². The average Bonchev–Trinajstić information content (AvgIpc) is 3.22. The summed E-state index contributed by atoms with van der Waals surface area (Å²) in [5.41, 5.74) is 1.77. The zero-order valence-electron chi connectivity index (χ0n) is 16.1. The Hall–Kier alpha value is -2.34. The summed E-state index contributed by atoms with van der Waals surface area (Å²) in [4.78, 5) is 29.3. The first kappa shape index (κ1) is 19.4. The van der Waals surface area contributed by atoms with Gasteiger partial charge in [0.1, 0.15) is 5.75 Å². The number of carbonyl (C=O) groups is 2. The second kappa shape index (κ2) is 8.57. The van der Waals surface area contributed by atoms with Crippen molar-refractivity contribution >= 4 is 23.2 Å². The second-order valence-electron chi connectivity index (χ2n) is 6.89. The number of hydrogen-bond donors (Lipinski definition) is 0. The van der Waals surface area contributed by atoms with Gasteiger partial charge in [-0.25, -0.2) is 0 Å². The van der Waals surface area contributed by atoms with E-state index in [4.69, 9.17) is 4.74 Å². The van der Waals surface area contributed by atoms with Crippen LogP contribution in [0.25, 0.3) is 0 Å². The minimum absolute atomic E-state index is 0.00787. The van der Waals surface area contributed by atoms with E-state index in [9.17, 15) is 9.59 Å². The largest absolute Gasteiger partial charge is 0.496 e. The van der Waals surface area contributed by atoms with Gasteiger partial charge in [-0.15, -0.1) is 0 Å². The van der Waals surface area contributed by atoms with Gasteiger partial charge >= 0.3 is 0 Å². The molecule has 0 aliphatic carbocycles. The van der Waals surface area contributed by atoms with Gasteiger partial charge in [-0.2, -0.15) is 11.3 Å². The van der Waals surface area contributed by atoms with Gasteiger partial charge in [-0.05, 0) is 43.3 Å². The summed E-state index contributed by atoms with van der Waals surface area (Å²) in [6.45, 7) is 5.19. The predicted molar refractivity (Wildman–Crippen MR) is 107 cm³/mol. The Labute approximate surface area is 164 Å². The van der Waals surface area contributed by atoms with Gasteiger partial charge in [0.25, 0.3) is 5.91 Å². The molecule has 6 heteroatoms. The highest BCUT2D eigenvalue weighted by Crippen LogP contribution is 2.23. The van der Waals surface area contributed by atoms with E-state index in [1.165, 1.54) is 11.3 Å². The smallest absolute Gasteiger partial charge is 0.255 e. The van der Waals surface area contributed by atoms with Crippen molar-refractivity contribution in [2.45, 2.75) is 38.8 Å². The minimum Gasteiger partial charge on any atom is -0.496 e. The van der Waals surface area contributed by atoms with Gasteiger partial charge < -0.3 is 14.5 Å². The lowest BCUT2D eigenvalue weighted by Gasteiger charge is -2.45. The normalized spacial score (nSPS) is 19.8. The average molecular weight is 387 g/mol. The van der Waals surface area contributed by atoms with Crippen LogP contribution in [0, 0.1) is 0 Å². The van der Waals surface area contributed by atoms with Crippen molar-refractivity contribution in [3.05, 3.63) is 52.2 Å². The first-order valence-electron chi connectivity index (χ1n) is 9.27. The number of hydrogen-bond acceptors (Lipinski definition) is 4. The van der Waals surface area contributed by atoms with E-state index in [0.29, 0.717) is 25.9 Å². The number of nitrogens with zero attached hydrogens (tertiary/aromatic N) is 2. The lowest BCUT2D eigenvalue weighted by molar-refractivity contribution is -0.136. The van der Waals surface area contributed by atoms with Crippen LogP contribution in [-0.4, -0.2) is 53.9 Å². The Morgan fingerprint density at radius 2 is 1.81 bits per heavy atom. The topological polar surface area (TPSA) is 49.9 Å². The summed E-state index contributed by atoms with van der Waals surface area (Å²) >= 11 is 1.52. The van der Waals surface area contributed by atoms with Gasteiger partial charge in [-0.1, -0.05) is 18.2 Å². The van der Waals surface area contributed by atoms with E-state index in [-0.39, 0.29) is 23.9 Å². The first-order valence-corrected chi connectivity index (χ1v) is 10.2. The molecule has 0 unspecified atom stereocenters. The zero-order chi connectivity index (χ0) is 19.4. The van der Waals surface area contributed by atoms with Crippen LogP contribution in [0.1, 0.15) is 36.2 Å². The Bertz CT molecular complexity index is 790. The zero-order valence-corrected chi connectivity index (χ0v) is 16.9. The van der Waals surface area contributed by atoms with Gasteiger partial charge in [-0.3, -0.25) is 9.59 Å². The van der Waals surface area contributed by atoms with E-state index in [1.807, 2.05) is 64.7 Å². The lowest BCUT2D eigenvalue weighted by Crippen LogP contribution is -2.60. The van der Waals surface area contributed by atoms with Crippen molar-refractivity contribution in [2.24, 2.45) is 0 Å². The van der Waals surface area contributed by atoms with E-state index in [2.05, 4.69) is 0 Å². The molecule has 27 heavy (non-hydrogen) atoms. The molecule has 0 saturated carbocycles. The van der Waals surface area contributed by atoms with Crippen LogP contribution in [0.2, 0.25) is 0 Å². The number of carbonyl (C=O) groups excluding carboxylic acids is 2. The number of rotatable bonds is 5. The van der Waals surface area contributed by atoms with Crippen LogP contribution in [0.5, 0.6) is 5.75 Å². The van der Waals surface area contributed by atoms with Gasteiger partial charge in [0.05, 0.1) is 12.7 Å². The van der Waals surface area contributed by atoms with Crippen molar-refractivity contribution in [1.82, 2.24) is 9.80 Å². The van der Waals surface area contributed by atoms with Crippen molar-refractivity contribution in [1.29, 1.82) is 0 Å². The Balaban J connectivity index is 1.61. The third-order valence-corrected chi connectivity index (χ3v) is 6.10. The second-order valence-corrected chi connectivity index (χ2v) is 7.67. The summed E-state index contributed by atoms with van der Waals surface area (Å²) < 4.78 is 5.37. The summed E-state index contributed by atoms with van der Waals surface area (Å²) in [5.74, 6) is 0.998. The van der Waals surface area contributed by atoms with Crippen molar-refractivity contribution in [3.63, 3.8) is 0 Å². The Morgan fingerprint density at radius 1 is 1.11 bits per heavy atom. The van der Waals surface area contributed by atoms with Crippen molar-refractivity contribution in [2.75, 3.05) is 20.2 Å². The quantitative estimate of drug-likeness (QED) is 0.791. The molecular weight excluding hydrogens is 360 g/mol. The van der Waals surface area contributed by atoms with Crippen molar-refractivity contribution < 1.29 is 14.3 Å². The molecule has 5 nitrogen and oxygen atoms in total. The Morgan fingerprint density at radius 3 is 2.52 bits per heavy atom. The van der Waals surface area contributed by atoms with Gasteiger partial charge in [0, 0.05) is 37.0 Å². The van der Waals surface area contributed by atoms with E-state index in [0.717, 1.165) is 16.9 Å². The van der Waals surface area contributed by atoms with Crippen LogP contribution in [0.15, 0.2) is 41.1 Å². The van der Waals surface area contributed by atoms with Crippen LogP contribution >= 0.6 is 11.3 Å². The number of amides is 2. The SMILES string of the molecule is COc1ccccc1CCC(=O)N1CCN(C(=O)c2ccsc2)[C@@H](C)[C@H]1C. The minimum atomic E-state index is -0.0126. The third kappa shape index (κ3) is 4.16. The predicted octanol–water partition coefficient (Wildman–Crippen LogP) is 3.45. The number of ether oxygens (including phenoxy) is 1. The highest BCUT2D eigenvalue weighted by Gasteiger charge is 2.35. The summed E-state index contributed by atoms with van der Waals surface area (Å²) in [7, 11) is 1.65. The molecule has 1 fully saturated rings. The van der Waals surface area contributed by atoms with Gasteiger partial charge in [0.15, 0.2) is 0 Å². The molecular formula is C21H26N2O3S. The molecule has 1 aromatic carbocycles. The van der Waals surface area contributed by atoms with E-state index in [1.54, 1.807) is 7.11 Å². The maximum Gasteiger partial charge on any atom is 0.255 e. The fourth-order valence-electron chi connectivity index (χ4n) is 3.63. The number of aryl methyl sites for hydroxylation is 1. The molecule has 1 saturated heterocycles. The fourth-order valence-corrected chi connectivity index (χ4v) is 4.26. The summed E-state index contributed by atoms with van der Waals surface area (Å²) in [6, 6.07) is 9.64. The highest BCUT2D eigenvalue weighted by atomic mass is 32.1. The first-order chi connectivity index (χ1) is 13.0. The number of para-hydroxylation sites is 1. The molecule has 1 aliphatic rings. The van der Waals surface area contributed by atoms with Gasteiger partial charge in [0.2, 0.25) is 5.91 Å². The molecule has 2 atom stereocenters. The Kier molecular flexibility index (Phi) is 6.16. The summed E-state index contributed by atoms with van der Waals surface area (Å²) in [6.07, 6.45) is 1.09. The van der Waals surface area contributed by atoms with Crippen LogP contribution in [0.4, 0.5) is 0 Å². The third-order valence-electron chi connectivity index (χ3n) is 5.41. The van der Waals surface area contributed by atoms with E-state index < -0.39 is 0 Å². The molecule has 3 rings (SSSR count). The lowest BCUT2D eigenvalue weighted by atomic mass is 10.0. The molecule has 2 heterocycles. The fraction of sp³-hybridized carbons (Fsp3) is 0.429. The summed E-state index contributed by atoms with van der Waals surface area (Å²) in [5, 5.41) is 3.80. The molecule has 1 aromatic heterocycles. The van der Waals surface area contributed by atoms with Crippen LogP contribution < -0.4 is 4.74 Å². The standard InChI is InChI=1S/C21H26N2O3S/c1-15-16(2)23(21(25)18-10-13-27-14-18)12-11-22(15)20(24)9-8-17-6-4-5-7-19(17)26-3/h4-7,10,13-16H,8-9,11-12H2,1-3H3/t15-,16+/m1/s1. The monoisotopic (exact) mass is 386 g/mol. The maximum absolute atomic E-state index is 12.8. The number of piperazine rings is 1. The van der Waals surface area contributed by atoms with Crippen LogP contribution in [0.3, 0.4) is 0 Å². The molecule has 0 N–H and O–H groups in total. The number of methoxy groups -OCH3 is 1. The highest BCUT2D eigenvalue weighted by molar-refractivity contribution is 7.08. The molecule has 1 aliphatic heterocycles. The molecule has 144 valence electrons. The molecule has 0 spiro atoms. The number of thiophene rings is 1. The molecule has 2 aromatic rings. The molecule has 2 amide bonds. The maximum atomic E-state index is 12.8.